The molecule has 1 aromatic rings. The second-order valence-electron chi connectivity index (χ2n) is 4.60. The van der Waals surface area contributed by atoms with E-state index in [1.54, 1.807) is 31.4 Å². The van der Waals surface area contributed by atoms with Gasteiger partial charge in [-0.2, -0.15) is 0 Å². The van der Waals surface area contributed by atoms with Gasteiger partial charge in [0.05, 0.1) is 6.61 Å². The highest BCUT2D eigenvalue weighted by Crippen LogP contribution is 2.11. The van der Waals surface area contributed by atoms with E-state index in [0.717, 1.165) is 12.0 Å². The molecule has 1 atom stereocenters. The van der Waals surface area contributed by atoms with Crippen LogP contribution in [0.2, 0.25) is 0 Å². The van der Waals surface area contributed by atoms with E-state index in [-0.39, 0.29) is 12.4 Å². The van der Waals surface area contributed by atoms with Crippen LogP contribution >= 0.6 is 0 Å². The largest absolute Gasteiger partial charge is 0.508 e. The van der Waals surface area contributed by atoms with Crippen LogP contribution in [0.1, 0.15) is 12.0 Å². The number of esters is 1. The van der Waals surface area contributed by atoms with Crippen molar-refractivity contribution >= 4 is 5.97 Å². The maximum Gasteiger partial charge on any atom is 0.323 e. The van der Waals surface area contributed by atoms with Crippen molar-refractivity contribution in [2.45, 2.75) is 18.9 Å². The van der Waals surface area contributed by atoms with Gasteiger partial charge in [0.15, 0.2) is 0 Å². The molecule has 0 aliphatic rings. The number of hydrogen-bond donors (Lipinski definition) is 2. The first-order valence-electron chi connectivity index (χ1n) is 6.90. The van der Waals surface area contributed by atoms with Crippen molar-refractivity contribution in [1.29, 1.82) is 0 Å². The Labute approximate surface area is 124 Å². The number of benzene rings is 1. The molecule has 0 aliphatic heterocycles. The molecule has 0 heterocycles. The topological polar surface area (TPSA) is 91.0 Å². The number of phenols is 1. The fraction of sp³-hybridized carbons (Fsp3) is 0.533. The van der Waals surface area contributed by atoms with Gasteiger partial charge in [-0.05, 0) is 30.5 Å². The second-order valence-corrected chi connectivity index (χ2v) is 4.60. The first-order chi connectivity index (χ1) is 10.1. The van der Waals surface area contributed by atoms with E-state index >= 15 is 0 Å². The van der Waals surface area contributed by atoms with E-state index < -0.39 is 12.0 Å². The Balaban J connectivity index is 2.15. The van der Waals surface area contributed by atoms with Gasteiger partial charge < -0.3 is 25.1 Å². The highest BCUT2D eigenvalue weighted by molar-refractivity contribution is 5.75. The zero-order chi connectivity index (χ0) is 15.5. The summed E-state index contributed by atoms with van der Waals surface area (Å²) in [6.45, 7) is 1.76. The van der Waals surface area contributed by atoms with Gasteiger partial charge in [-0.15, -0.1) is 0 Å². The number of hydrogen-bond acceptors (Lipinski definition) is 6. The molecule has 0 saturated heterocycles. The van der Waals surface area contributed by atoms with E-state index in [4.69, 9.17) is 19.9 Å². The van der Waals surface area contributed by atoms with Crippen LogP contribution in [0.25, 0.3) is 0 Å². The van der Waals surface area contributed by atoms with Gasteiger partial charge in [0, 0.05) is 20.3 Å². The number of nitrogens with two attached hydrogens (primary N) is 1. The summed E-state index contributed by atoms with van der Waals surface area (Å²) in [5.41, 5.74) is 6.64. The molecule has 0 aliphatic carbocycles. The zero-order valence-corrected chi connectivity index (χ0v) is 12.3. The van der Waals surface area contributed by atoms with E-state index in [0.29, 0.717) is 26.2 Å². The molecule has 0 radical (unpaired) electrons. The van der Waals surface area contributed by atoms with E-state index in [1.807, 2.05) is 0 Å². The molecule has 0 fully saturated rings. The van der Waals surface area contributed by atoms with Crippen molar-refractivity contribution in [1.82, 2.24) is 0 Å². The molecule has 118 valence electrons. The summed E-state index contributed by atoms with van der Waals surface area (Å²) in [5, 5.41) is 9.18. The van der Waals surface area contributed by atoms with E-state index in [1.165, 1.54) is 0 Å². The standard InChI is InChI=1S/C15H23NO5/c1-19-7-2-8-20-9-10-21-15(18)14(16)11-12-3-5-13(17)6-4-12/h3-6,14,17H,2,7-11,16H2,1H3/t14-/m0/s1. The third-order valence-electron chi connectivity index (χ3n) is 2.80. The highest BCUT2D eigenvalue weighted by Gasteiger charge is 2.15. The molecule has 21 heavy (non-hydrogen) atoms. The molecule has 0 amide bonds. The summed E-state index contributed by atoms with van der Waals surface area (Å²) >= 11 is 0. The van der Waals surface area contributed by atoms with Crippen LogP contribution in [0.4, 0.5) is 0 Å². The minimum Gasteiger partial charge on any atom is -0.508 e. The Morgan fingerprint density at radius 3 is 2.57 bits per heavy atom. The molecule has 0 bridgehead atoms. The Bertz CT molecular complexity index is 407. The van der Waals surface area contributed by atoms with Gasteiger partial charge >= 0.3 is 5.97 Å². The second kappa shape index (κ2) is 10.1. The van der Waals surface area contributed by atoms with Crippen LogP contribution in [0.5, 0.6) is 5.75 Å². The van der Waals surface area contributed by atoms with Crippen LogP contribution in [0.3, 0.4) is 0 Å². The normalized spacial score (nSPS) is 12.1. The summed E-state index contributed by atoms with van der Waals surface area (Å²) in [5.74, 6) is -0.274. The molecule has 0 unspecified atom stereocenters. The number of carbonyl (C=O) groups is 1. The molecular formula is C15H23NO5. The summed E-state index contributed by atoms with van der Waals surface area (Å²) in [4.78, 5) is 11.7. The van der Waals surface area contributed by atoms with E-state index in [9.17, 15) is 9.90 Å². The maximum absolute atomic E-state index is 11.7. The third-order valence-corrected chi connectivity index (χ3v) is 2.80. The molecule has 1 aromatic carbocycles. The maximum atomic E-state index is 11.7. The number of carbonyl (C=O) groups excluding carboxylic acids is 1. The average Bonchev–Trinajstić information content (AvgIpc) is 2.48. The van der Waals surface area contributed by atoms with Crippen molar-refractivity contribution in [2.75, 3.05) is 33.5 Å². The first kappa shape index (κ1) is 17.4. The highest BCUT2D eigenvalue weighted by atomic mass is 16.6. The molecule has 1 rings (SSSR count). The fourth-order valence-electron chi connectivity index (χ4n) is 1.68. The number of rotatable bonds is 10. The minimum absolute atomic E-state index is 0.181. The molecule has 6 heteroatoms. The van der Waals surface area contributed by atoms with Crippen molar-refractivity contribution in [3.05, 3.63) is 29.8 Å². The quantitative estimate of drug-likeness (QED) is 0.491. The first-order valence-corrected chi connectivity index (χ1v) is 6.90. The minimum atomic E-state index is -0.719. The zero-order valence-electron chi connectivity index (χ0n) is 12.3. The lowest BCUT2D eigenvalue weighted by molar-refractivity contribution is -0.146. The third kappa shape index (κ3) is 7.65. The average molecular weight is 297 g/mol. The summed E-state index contributed by atoms with van der Waals surface area (Å²) in [6.07, 6.45) is 1.18. The van der Waals surface area contributed by atoms with Crippen LogP contribution < -0.4 is 5.73 Å². The number of aromatic hydroxyl groups is 1. The van der Waals surface area contributed by atoms with E-state index in [2.05, 4.69) is 0 Å². The summed E-state index contributed by atoms with van der Waals surface area (Å²) < 4.78 is 15.2. The Hall–Kier alpha value is -1.63. The molecule has 0 saturated carbocycles. The van der Waals surface area contributed by atoms with Gasteiger partial charge in [-0.1, -0.05) is 12.1 Å². The Morgan fingerprint density at radius 2 is 1.90 bits per heavy atom. The SMILES string of the molecule is COCCCOCCOC(=O)[C@@H](N)Cc1ccc(O)cc1. The monoisotopic (exact) mass is 297 g/mol. The van der Waals surface area contributed by atoms with Crippen LogP contribution in [0, 0.1) is 0 Å². The van der Waals surface area contributed by atoms with Gasteiger partial charge in [0.2, 0.25) is 0 Å². The van der Waals surface area contributed by atoms with Crippen molar-refractivity contribution in [2.24, 2.45) is 5.73 Å². The summed E-state index contributed by atoms with van der Waals surface area (Å²) in [6, 6.07) is 5.84. The van der Waals surface area contributed by atoms with Gasteiger partial charge in [-0.25, -0.2) is 0 Å². The lowest BCUT2D eigenvalue weighted by Gasteiger charge is -2.12. The lowest BCUT2D eigenvalue weighted by atomic mass is 10.1. The van der Waals surface area contributed by atoms with Crippen LogP contribution in [-0.2, 0) is 25.4 Å². The van der Waals surface area contributed by atoms with Crippen LogP contribution in [0.15, 0.2) is 24.3 Å². The number of methoxy groups -OCH3 is 1. The van der Waals surface area contributed by atoms with Gasteiger partial charge in [0.25, 0.3) is 0 Å². The number of phenolic OH excluding ortho intramolecular Hbond substituents is 1. The molecule has 0 aromatic heterocycles. The van der Waals surface area contributed by atoms with Gasteiger partial charge in [0.1, 0.15) is 18.4 Å². The smallest absolute Gasteiger partial charge is 0.323 e. The molecule has 3 N–H and O–H groups in total. The molecular weight excluding hydrogens is 274 g/mol. The predicted octanol–water partition coefficient (Wildman–Crippen LogP) is 0.858. The fourth-order valence-corrected chi connectivity index (χ4v) is 1.68. The molecule has 0 spiro atoms. The van der Waals surface area contributed by atoms with Crippen LogP contribution in [-0.4, -0.2) is 50.7 Å². The lowest BCUT2D eigenvalue weighted by Crippen LogP contribution is -2.35. The summed E-state index contributed by atoms with van der Waals surface area (Å²) in [7, 11) is 1.64. The Morgan fingerprint density at radius 1 is 1.19 bits per heavy atom. The van der Waals surface area contributed by atoms with Crippen molar-refractivity contribution in [3.8, 4) is 5.75 Å². The number of ether oxygens (including phenoxy) is 3. The van der Waals surface area contributed by atoms with Gasteiger partial charge in [-0.3, -0.25) is 4.79 Å². The predicted molar refractivity (Wildman–Crippen MR) is 78.1 cm³/mol. The van der Waals surface area contributed by atoms with Crippen molar-refractivity contribution < 1.29 is 24.1 Å². The molecule has 6 nitrogen and oxygen atoms in total. The Kier molecular flexibility index (Phi) is 8.42. The van der Waals surface area contributed by atoms with Crippen molar-refractivity contribution in [3.63, 3.8) is 0 Å².